The minimum atomic E-state index is 0.489. The Balaban J connectivity index is 1.32. The molecule has 2 N–H and O–H groups in total. The second-order valence-electron chi connectivity index (χ2n) is 6.94. The average Bonchev–Trinajstić information content (AvgIpc) is 3.21. The molecule has 5 rings (SSSR count). The zero-order valence-electron chi connectivity index (χ0n) is 16.2. The van der Waals surface area contributed by atoms with Crippen LogP contribution in [0.5, 0.6) is 5.75 Å². The predicted molar refractivity (Wildman–Crippen MR) is 122 cm³/mol. The summed E-state index contributed by atoms with van der Waals surface area (Å²) in [4.78, 5) is 7.65. The smallest absolute Gasteiger partial charge is 0.222 e. The van der Waals surface area contributed by atoms with Crippen LogP contribution < -0.4 is 10.2 Å². The van der Waals surface area contributed by atoms with Crippen LogP contribution in [0.1, 0.15) is 11.1 Å². The van der Waals surface area contributed by atoms with Crippen molar-refractivity contribution in [3.63, 3.8) is 0 Å². The summed E-state index contributed by atoms with van der Waals surface area (Å²) in [6.07, 6.45) is 1.74. The number of anilines is 1. The van der Waals surface area contributed by atoms with E-state index in [0.29, 0.717) is 12.6 Å². The molecule has 0 amide bonds. The molecule has 0 bridgehead atoms. The number of benzene rings is 4. The highest BCUT2D eigenvalue weighted by molar-refractivity contribution is 5.86. The van der Waals surface area contributed by atoms with Gasteiger partial charge in [-0.3, -0.25) is 0 Å². The topological polar surface area (TPSA) is 62.3 Å². The predicted octanol–water partition coefficient (Wildman–Crippen LogP) is 5.74. The van der Waals surface area contributed by atoms with E-state index in [1.165, 1.54) is 10.8 Å². The van der Waals surface area contributed by atoms with Gasteiger partial charge in [-0.1, -0.05) is 66.7 Å². The quantitative estimate of drug-likeness (QED) is 0.286. The molecule has 0 unspecified atom stereocenters. The first-order valence-corrected chi connectivity index (χ1v) is 9.79. The Kier molecular flexibility index (Phi) is 4.84. The molecule has 5 aromatic rings. The van der Waals surface area contributed by atoms with Crippen LogP contribution in [0.25, 0.3) is 21.8 Å². The third-order valence-corrected chi connectivity index (χ3v) is 4.95. The van der Waals surface area contributed by atoms with Crippen LogP contribution >= 0.6 is 0 Å². The van der Waals surface area contributed by atoms with E-state index in [0.717, 1.165) is 27.9 Å². The van der Waals surface area contributed by atoms with E-state index in [4.69, 9.17) is 4.74 Å². The van der Waals surface area contributed by atoms with Gasteiger partial charge >= 0.3 is 0 Å². The van der Waals surface area contributed by atoms with Gasteiger partial charge in [-0.2, -0.15) is 5.10 Å². The van der Waals surface area contributed by atoms with E-state index in [1.54, 1.807) is 6.21 Å². The molecule has 0 atom stereocenters. The fraction of sp³-hybridized carbons (Fsp3) is 0.0400. The van der Waals surface area contributed by atoms with Gasteiger partial charge < -0.3 is 9.72 Å². The van der Waals surface area contributed by atoms with E-state index in [2.05, 4.69) is 56.9 Å². The third-order valence-electron chi connectivity index (χ3n) is 4.95. The molecule has 1 aromatic heterocycles. The SMILES string of the molecule is C(=N/Nc1nc2ccccc2[nH]1)/c1ccccc1OCc1cccc2ccccc12. The van der Waals surface area contributed by atoms with Crippen LogP contribution in [-0.2, 0) is 6.61 Å². The van der Waals surface area contributed by atoms with Crippen molar-refractivity contribution >= 4 is 34.0 Å². The second kappa shape index (κ2) is 8.09. The van der Waals surface area contributed by atoms with Crippen LogP contribution in [0.2, 0.25) is 0 Å². The molecule has 5 nitrogen and oxygen atoms in total. The maximum Gasteiger partial charge on any atom is 0.222 e. The molecule has 1 heterocycles. The number of imidazole rings is 1. The summed E-state index contributed by atoms with van der Waals surface area (Å²) >= 11 is 0. The number of aromatic amines is 1. The Morgan fingerprint density at radius 3 is 2.63 bits per heavy atom. The molecule has 0 saturated heterocycles. The van der Waals surface area contributed by atoms with Crippen molar-refractivity contribution in [2.24, 2.45) is 5.10 Å². The molecular weight excluding hydrogens is 372 g/mol. The Morgan fingerprint density at radius 2 is 1.67 bits per heavy atom. The number of ether oxygens (including phenoxy) is 1. The van der Waals surface area contributed by atoms with Gasteiger partial charge in [0.15, 0.2) is 0 Å². The Morgan fingerprint density at radius 1 is 0.867 bits per heavy atom. The minimum absolute atomic E-state index is 0.489. The van der Waals surface area contributed by atoms with Crippen molar-refractivity contribution in [1.82, 2.24) is 9.97 Å². The number of rotatable bonds is 6. The zero-order valence-corrected chi connectivity index (χ0v) is 16.2. The van der Waals surface area contributed by atoms with E-state index in [-0.39, 0.29) is 0 Å². The molecule has 0 radical (unpaired) electrons. The molecule has 4 aromatic carbocycles. The number of hydrogen-bond acceptors (Lipinski definition) is 4. The lowest BCUT2D eigenvalue weighted by atomic mass is 10.1. The highest BCUT2D eigenvalue weighted by Crippen LogP contribution is 2.22. The maximum absolute atomic E-state index is 6.14. The van der Waals surface area contributed by atoms with Gasteiger partial charge in [-0.15, -0.1) is 0 Å². The summed E-state index contributed by atoms with van der Waals surface area (Å²) in [5, 5.41) is 6.74. The molecule has 0 saturated carbocycles. The molecule has 0 aliphatic rings. The van der Waals surface area contributed by atoms with Gasteiger partial charge in [0.1, 0.15) is 12.4 Å². The lowest BCUT2D eigenvalue weighted by Crippen LogP contribution is -2.00. The monoisotopic (exact) mass is 392 g/mol. The standard InChI is InChI=1S/C25H20N4O/c1-3-12-21-18(8-1)10-7-11-20(21)17-30-24-15-6-2-9-19(24)16-26-29-25-27-22-13-4-5-14-23(22)28-25/h1-16H,17H2,(H2,27,28,29)/b26-16-. The lowest BCUT2D eigenvalue weighted by Gasteiger charge is -2.11. The summed E-state index contributed by atoms with van der Waals surface area (Å²) in [6, 6.07) is 30.3. The maximum atomic E-state index is 6.14. The Bertz CT molecular complexity index is 1300. The second-order valence-corrected chi connectivity index (χ2v) is 6.94. The summed E-state index contributed by atoms with van der Waals surface area (Å²) in [5.74, 6) is 1.38. The number of para-hydroxylation sites is 3. The fourth-order valence-electron chi connectivity index (χ4n) is 3.46. The molecule has 30 heavy (non-hydrogen) atoms. The summed E-state index contributed by atoms with van der Waals surface area (Å²) < 4.78 is 6.14. The van der Waals surface area contributed by atoms with Gasteiger partial charge in [0.25, 0.3) is 0 Å². The average molecular weight is 392 g/mol. The first-order chi connectivity index (χ1) is 14.9. The van der Waals surface area contributed by atoms with Crippen molar-refractivity contribution in [3.05, 3.63) is 102 Å². The highest BCUT2D eigenvalue weighted by Gasteiger charge is 2.05. The zero-order chi connectivity index (χ0) is 20.2. The number of nitrogens with one attached hydrogen (secondary N) is 2. The number of hydrogen-bond donors (Lipinski definition) is 2. The van der Waals surface area contributed by atoms with E-state index >= 15 is 0 Å². The first kappa shape index (κ1) is 17.9. The van der Waals surface area contributed by atoms with Crippen molar-refractivity contribution < 1.29 is 4.74 Å². The minimum Gasteiger partial charge on any atom is -0.488 e. The van der Waals surface area contributed by atoms with Crippen LogP contribution in [-0.4, -0.2) is 16.2 Å². The van der Waals surface area contributed by atoms with Crippen LogP contribution in [0.3, 0.4) is 0 Å². The van der Waals surface area contributed by atoms with Gasteiger partial charge in [-0.25, -0.2) is 10.4 Å². The third kappa shape index (κ3) is 3.73. The van der Waals surface area contributed by atoms with E-state index in [9.17, 15) is 0 Å². The van der Waals surface area contributed by atoms with Gasteiger partial charge in [-0.05, 0) is 40.6 Å². The van der Waals surface area contributed by atoms with Gasteiger partial charge in [0.2, 0.25) is 5.95 Å². The molecule has 0 spiro atoms. The Labute approximate surface area is 174 Å². The first-order valence-electron chi connectivity index (χ1n) is 9.79. The molecule has 146 valence electrons. The fourth-order valence-corrected chi connectivity index (χ4v) is 3.46. The number of H-pyrrole nitrogens is 1. The van der Waals surface area contributed by atoms with Crippen molar-refractivity contribution in [3.8, 4) is 5.75 Å². The molecular formula is C25H20N4O. The molecule has 0 fully saturated rings. The van der Waals surface area contributed by atoms with Crippen molar-refractivity contribution in [2.75, 3.05) is 5.43 Å². The van der Waals surface area contributed by atoms with Crippen molar-refractivity contribution in [1.29, 1.82) is 0 Å². The van der Waals surface area contributed by atoms with Gasteiger partial charge in [0.05, 0.1) is 17.2 Å². The van der Waals surface area contributed by atoms with Crippen molar-refractivity contribution in [2.45, 2.75) is 6.61 Å². The largest absolute Gasteiger partial charge is 0.488 e. The van der Waals surface area contributed by atoms with Gasteiger partial charge in [0, 0.05) is 5.56 Å². The molecule has 0 aliphatic heterocycles. The normalized spacial score (nSPS) is 11.3. The number of hydrazone groups is 1. The summed E-state index contributed by atoms with van der Waals surface area (Å²) in [6.45, 7) is 0.489. The van der Waals surface area contributed by atoms with Crippen LogP contribution in [0.15, 0.2) is 96.1 Å². The van der Waals surface area contributed by atoms with Crippen LogP contribution in [0, 0.1) is 0 Å². The lowest BCUT2D eigenvalue weighted by molar-refractivity contribution is 0.307. The molecule has 5 heteroatoms. The highest BCUT2D eigenvalue weighted by atomic mass is 16.5. The summed E-state index contributed by atoms with van der Waals surface area (Å²) in [5.41, 5.74) is 6.86. The number of nitrogens with zero attached hydrogens (tertiary/aromatic N) is 2. The van der Waals surface area contributed by atoms with E-state index in [1.807, 2.05) is 54.6 Å². The Hall–Kier alpha value is -4.12. The van der Waals surface area contributed by atoms with Crippen LogP contribution in [0.4, 0.5) is 5.95 Å². The number of fused-ring (bicyclic) bond motifs is 2. The molecule has 0 aliphatic carbocycles. The number of aromatic nitrogens is 2. The van der Waals surface area contributed by atoms with E-state index < -0.39 is 0 Å². The summed E-state index contributed by atoms with van der Waals surface area (Å²) in [7, 11) is 0.